The highest BCUT2D eigenvalue weighted by molar-refractivity contribution is 5.28. The molecule has 1 aliphatic heterocycles. The fourth-order valence-electron chi connectivity index (χ4n) is 1.18. The van der Waals surface area contributed by atoms with Crippen LogP contribution in [0.3, 0.4) is 0 Å². The zero-order valence-corrected chi connectivity index (χ0v) is 5.59. The van der Waals surface area contributed by atoms with Crippen LogP contribution < -0.4 is 5.73 Å². The molecular formula is C7H9NO2. The number of nitrogens with two attached hydrogens (primary N) is 1. The molecule has 0 fully saturated rings. The molecule has 54 valence electrons. The first kappa shape index (κ1) is 5.95. The van der Waals surface area contributed by atoms with Gasteiger partial charge in [0.05, 0.1) is 12.9 Å². The Hall–Kier alpha value is -0.800. The van der Waals surface area contributed by atoms with Gasteiger partial charge in [0.1, 0.15) is 12.4 Å². The molecule has 2 heterocycles. The first-order valence-electron chi connectivity index (χ1n) is 3.27. The Labute approximate surface area is 58.8 Å². The third-order valence-corrected chi connectivity index (χ3v) is 1.77. The number of furan rings is 1. The van der Waals surface area contributed by atoms with Crippen LogP contribution in [0.4, 0.5) is 0 Å². The molecule has 2 N–H and O–H groups in total. The predicted octanol–water partition coefficient (Wildman–Crippen LogP) is 0.769. The van der Waals surface area contributed by atoms with Crippen LogP contribution >= 0.6 is 0 Å². The van der Waals surface area contributed by atoms with Crippen molar-refractivity contribution < 1.29 is 9.15 Å². The predicted molar refractivity (Wildman–Crippen MR) is 35.1 cm³/mol. The largest absolute Gasteiger partial charge is 0.466 e. The Kier molecular flexibility index (Phi) is 1.25. The second-order valence-electron chi connectivity index (χ2n) is 2.36. The topological polar surface area (TPSA) is 48.4 Å². The molecule has 0 saturated heterocycles. The zero-order chi connectivity index (χ0) is 6.97. The highest BCUT2D eigenvalue weighted by Gasteiger charge is 2.18. The molecule has 1 aromatic rings. The van der Waals surface area contributed by atoms with Gasteiger partial charge in [-0.2, -0.15) is 0 Å². The maximum Gasteiger partial charge on any atom is 0.135 e. The molecule has 0 aromatic carbocycles. The summed E-state index contributed by atoms with van der Waals surface area (Å²) in [7, 11) is 0. The van der Waals surface area contributed by atoms with Crippen LogP contribution in [0.15, 0.2) is 10.7 Å². The van der Waals surface area contributed by atoms with Crippen molar-refractivity contribution in [2.75, 3.05) is 0 Å². The summed E-state index contributed by atoms with van der Waals surface area (Å²) in [5.74, 6) is 0.945. The molecule has 2 rings (SSSR count). The first-order chi connectivity index (χ1) is 4.92. The third-order valence-electron chi connectivity index (χ3n) is 1.77. The van der Waals surface area contributed by atoms with Crippen molar-refractivity contribution in [3.63, 3.8) is 0 Å². The Morgan fingerprint density at radius 3 is 3.20 bits per heavy atom. The van der Waals surface area contributed by atoms with E-state index in [1.165, 1.54) is 0 Å². The van der Waals surface area contributed by atoms with Gasteiger partial charge in [-0.05, 0) is 0 Å². The Morgan fingerprint density at radius 1 is 1.50 bits per heavy atom. The normalized spacial score (nSPS) is 15.7. The van der Waals surface area contributed by atoms with E-state index in [1.54, 1.807) is 6.26 Å². The van der Waals surface area contributed by atoms with Crippen LogP contribution in [-0.4, -0.2) is 0 Å². The molecular weight excluding hydrogens is 130 g/mol. The fourth-order valence-corrected chi connectivity index (χ4v) is 1.18. The van der Waals surface area contributed by atoms with E-state index in [1.807, 2.05) is 0 Å². The molecule has 0 spiro atoms. The maximum atomic E-state index is 5.45. The lowest BCUT2D eigenvalue weighted by Gasteiger charge is -1.90. The average Bonchev–Trinajstić information content (AvgIpc) is 2.44. The highest BCUT2D eigenvalue weighted by Crippen LogP contribution is 2.24. The van der Waals surface area contributed by atoms with Crippen LogP contribution in [0.5, 0.6) is 0 Å². The van der Waals surface area contributed by atoms with E-state index in [-0.39, 0.29) is 0 Å². The van der Waals surface area contributed by atoms with E-state index in [0.717, 1.165) is 16.9 Å². The Morgan fingerprint density at radius 2 is 2.40 bits per heavy atom. The first-order valence-corrected chi connectivity index (χ1v) is 3.27. The molecule has 10 heavy (non-hydrogen) atoms. The van der Waals surface area contributed by atoms with E-state index in [0.29, 0.717) is 19.8 Å². The molecule has 0 bridgehead atoms. The van der Waals surface area contributed by atoms with E-state index in [9.17, 15) is 0 Å². The van der Waals surface area contributed by atoms with Gasteiger partial charge in [-0.15, -0.1) is 0 Å². The summed E-state index contributed by atoms with van der Waals surface area (Å²) >= 11 is 0. The minimum atomic E-state index is 0.544. The third kappa shape index (κ3) is 0.678. The lowest BCUT2D eigenvalue weighted by atomic mass is 10.2. The SMILES string of the molecule is NCc1coc2c1COC2. The van der Waals surface area contributed by atoms with Crippen molar-refractivity contribution in [3.05, 3.63) is 23.2 Å². The van der Waals surface area contributed by atoms with Crippen LogP contribution in [0.2, 0.25) is 0 Å². The van der Waals surface area contributed by atoms with E-state index in [2.05, 4.69) is 0 Å². The monoisotopic (exact) mass is 139 g/mol. The summed E-state index contributed by atoms with van der Waals surface area (Å²) in [6.45, 7) is 1.82. The second kappa shape index (κ2) is 2.11. The smallest absolute Gasteiger partial charge is 0.135 e. The molecule has 0 aliphatic carbocycles. The number of rotatable bonds is 1. The zero-order valence-electron chi connectivity index (χ0n) is 5.59. The molecule has 0 atom stereocenters. The minimum absolute atomic E-state index is 0.544. The molecule has 0 saturated carbocycles. The molecule has 1 aromatic heterocycles. The molecule has 0 radical (unpaired) electrons. The van der Waals surface area contributed by atoms with Crippen molar-refractivity contribution in [2.45, 2.75) is 19.8 Å². The second-order valence-corrected chi connectivity index (χ2v) is 2.36. The van der Waals surface area contributed by atoms with Gasteiger partial charge in [0, 0.05) is 17.7 Å². The van der Waals surface area contributed by atoms with Crippen LogP contribution in [0, 0.1) is 0 Å². The summed E-state index contributed by atoms with van der Waals surface area (Å²) in [6.07, 6.45) is 1.72. The summed E-state index contributed by atoms with van der Waals surface area (Å²) < 4.78 is 10.3. The quantitative estimate of drug-likeness (QED) is 0.625. The van der Waals surface area contributed by atoms with Gasteiger partial charge in [0.25, 0.3) is 0 Å². The van der Waals surface area contributed by atoms with Crippen molar-refractivity contribution in [1.82, 2.24) is 0 Å². The lowest BCUT2D eigenvalue weighted by Crippen LogP contribution is -1.97. The summed E-state index contributed by atoms with van der Waals surface area (Å²) in [4.78, 5) is 0. The van der Waals surface area contributed by atoms with Gasteiger partial charge in [-0.3, -0.25) is 0 Å². The van der Waals surface area contributed by atoms with Crippen LogP contribution in [-0.2, 0) is 24.5 Å². The average molecular weight is 139 g/mol. The van der Waals surface area contributed by atoms with Gasteiger partial charge in [-0.25, -0.2) is 0 Å². The van der Waals surface area contributed by atoms with Crippen LogP contribution in [0.1, 0.15) is 16.9 Å². The standard InChI is InChI=1S/C7H9NO2/c8-1-5-2-10-7-4-9-3-6(5)7/h2H,1,3-4,8H2. The van der Waals surface area contributed by atoms with Gasteiger partial charge >= 0.3 is 0 Å². The van der Waals surface area contributed by atoms with Crippen molar-refractivity contribution >= 4 is 0 Å². The highest BCUT2D eigenvalue weighted by atomic mass is 16.5. The van der Waals surface area contributed by atoms with Crippen molar-refractivity contribution in [1.29, 1.82) is 0 Å². The van der Waals surface area contributed by atoms with Gasteiger partial charge in [-0.1, -0.05) is 0 Å². The van der Waals surface area contributed by atoms with Crippen molar-refractivity contribution in [2.24, 2.45) is 5.73 Å². The van der Waals surface area contributed by atoms with Crippen LogP contribution in [0.25, 0.3) is 0 Å². The van der Waals surface area contributed by atoms with Gasteiger partial charge in [0.2, 0.25) is 0 Å². The molecule has 3 nitrogen and oxygen atoms in total. The Bertz CT molecular complexity index is 242. The number of hydrogen-bond donors (Lipinski definition) is 1. The van der Waals surface area contributed by atoms with E-state index >= 15 is 0 Å². The summed E-state index contributed by atoms with van der Waals surface area (Å²) in [6, 6.07) is 0. The number of ether oxygens (including phenoxy) is 1. The molecule has 1 aliphatic rings. The van der Waals surface area contributed by atoms with Crippen molar-refractivity contribution in [3.8, 4) is 0 Å². The fraction of sp³-hybridized carbons (Fsp3) is 0.429. The maximum absolute atomic E-state index is 5.45. The number of fused-ring (bicyclic) bond motifs is 1. The van der Waals surface area contributed by atoms with Gasteiger partial charge < -0.3 is 14.9 Å². The number of hydrogen-bond acceptors (Lipinski definition) is 3. The molecule has 3 heteroatoms. The minimum Gasteiger partial charge on any atom is -0.466 e. The molecule has 0 amide bonds. The summed E-state index contributed by atoms with van der Waals surface area (Å²) in [5.41, 5.74) is 7.68. The van der Waals surface area contributed by atoms with Gasteiger partial charge in [0.15, 0.2) is 0 Å². The lowest BCUT2D eigenvalue weighted by molar-refractivity contribution is 0.123. The van der Waals surface area contributed by atoms with E-state index in [4.69, 9.17) is 14.9 Å². The van der Waals surface area contributed by atoms with E-state index < -0.39 is 0 Å². The molecule has 0 unspecified atom stereocenters. The Balaban J connectivity index is 2.44. The summed E-state index contributed by atoms with van der Waals surface area (Å²) in [5, 5.41) is 0.